The van der Waals surface area contributed by atoms with E-state index in [-0.39, 0.29) is 12.1 Å². The van der Waals surface area contributed by atoms with Gasteiger partial charge in [0, 0.05) is 35.4 Å². The molecule has 1 fully saturated rings. The van der Waals surface area contributed by atoms with Crippen molar-refractivity contribution in [3.63, 3.8) is 0 Å². The molecule has 1 aromatic rings. The molecule has 0 bridgehead atoms. The van der Waals surface area contributed by atoms with Gasteiger partial charge in [-0.15, -0.1) is 11.3 Å². The first-order chi connectivity index (χ1) is 10.3. The third-order valence-corrected chi connectivity index (χ3v) is 4.85. The highest BCUT2D eigenvalue weighted by molar-refractivity contribution is 7.12. The number of amides is 1. The number of aryl methyl sites for hydroxylation is 2. The van der Waals surface area contributed by atoms with Gasteiger partial charge in [-0.3, -0.25) is 0 Å². The standard InChI is InChI=1S/C17H28N2O2S/c1-12-9-14(13(2)22-12)10-18-11-15-7-6-8-19(15)16(20)21-17(3,4)5/h9,15,18H,6-8,10-11H2,1-5H3. The van der Waals surface area contributed by atoms with Crippen LogP contribution in [0.15, 0.2) is 6.07 Å². The lowest BCUT2D eigenvalue weighted by Gasteiger charge is -2.28. The van der Waals surface area contributed by atoms with E-state index in [4.69, 9.17) is 4.74 Å². The number of nitrogens with one attached hydrogen (secondary N) is 1. The second-order valence-corrected chi connectivity index (χ2v) is 8.50. The summed E-state index contributed by atoms with van der Waals surface area (Å²) in [4.78, 5) is 16.8. The first-order valence-electron chi connectivity index (χ1n) is 8.02. The molecule has 1 aliphatic heterocycles. The monoisotopic (exact) mass is 324 g/mol. The minimum atomic E-state index is -0.428. The lowest BCUT2D eigenvalue weighted by molar-refractivity contribution is 0.0226. The zero-order valence-electron chi connectivity index (χ0n) is 14.4. The Morgan fingerprint density at radius 1 is 1.45 bits per heavy atom. The molecule has 1 saturated heterocycles. The molecular weight excluding hydrogens is 296 g/mol. The van der Waals surface area contributed by atoms with Gasteiger partial charge in [-0.05, 0) is 59.1 Å². The van der Waals surface area contributed by atoms with Crippen molar-refractivity contribution in [3.8, 4) is 0 Å². The number of rotatable bonds is 4. The van der Waals surface area contributed by atoms with E-state index < -0.39 is 5.60 Å². The Balaban J connectivity index is 1.84. The Morgan fingerprint density at radius 3 is 2.77 bits per heavy atom. The second kappa shape index (κ2) is 7.01. The molecular formula is C17H28N2O2S. The van der Waals surface area contributed by atoms with Gasteiger partial charge in [-0.25, -0.2) is 4.79 Å². The molecule has 1 aliphatic rings. The van der Waals surface area contributed by atoms with Crippen LogP contribution in [-0.2, 0) is 11.3 Å². The quantitative estimate of drug-likeness (QED) is 0.914. The minimum Gasteiger partial charge on any atom is -0.444 e. The minimum absolute atomic E-state index is 0.181. The Bertz CT molecular complexity index is 519. The summed E-state index contributed by atoms with van der Waals surface area (Å²) in [6.07, 6.45) is 1.93. The molecule has 5 heteroatoms. The van der Waals surface area contributed by atoms with Crippen LogP contribution in [0.1, 0.15) is 48.9 Å². The van der Waals surface area contributed by atoms with Gasteiger partial charge in [0.15, 0.2) is 0 Å². The van der Waals surface area contributed by atoms with Crippen LogP contribution < -0.4 is 5.32 Å². The average molecular weight is 324 g/mol. The maximum absolute atomic E-state index is 12.2. The fourth-order valence-corrected chi connectivity index (χ4v) is 3.79. The Labute approximate surface area is 137 Å². The van der Waals surface area contributed by atoms with Crippen molar-refractivity contribution in [1.29, 1.82) is 0 Å². The van der Waals surface area contributed by atoms with Crippen molar-refractivity contribution in [2.24, 2.45) is 0 Å². The van der Waals surface area contributed by atoms with Crippen molar-refractivity contribution < 1.29 is 9.53 Å². The molecule has 0 aromatic carbocycles. The molecule has 124 valence electrons. The van der Waals surface area contributed by atoms with Gasteiger partial charge in [0.25, 0.3) is 0 Å². The van der Waals surface area contributed by atoms with Crippen LogP contribution in [0, 0.1) is 13.8 Å². The van der Waals surface area contributed by atoms with Crippen LogP contribution in [0.2, 0.25) is 0 Å². The van der Waals surface area contributed by atoms with Crippen molar-refractivity contribution in [1.82, 2.24) is 10.2 Å². The number of ether oxygens (including phenoxy) is 1. The summed E-state index contributed by atoms with van der Waals surface area (Å²) >= 11 is 1.84. The van der Waals surface area contributed by atoms with Crippen LogP contribution in [-0.4, -0.2) is 35.7 Å². The first kappa shape index (κ1) is 17.3. The normalized spacial score (nSPS) is 18.8. The Morgan fingerprint density at radius 2 is 2.18 bits per heavy atom. The van der Waals surface area contributed by atoms with Crippen molar-refractivity contribution in [2.75, 3.05) is 13.1 Å². The number of hydrogen-bond acceptors (Lipinski definition) is 4. The van der Waals surface area contributed by atoms with E-state index in [9.17, 15) is 4.79 Å². The molecule has 1 aromatic heterocycles. The smallest absolute Gasteiger partial charge is 0.410 e. The first-order valence-corrected chi connectivity index (χ1v) is 8.84. The molecule has 1 unspecified atom stereocenters. The Hall–Kier alpha value is -1.07. The number of hydrogen-bond donors (Lipinski definition) is 1. The predicted octanol–water partition coefficient (Wildman–Crippen LogP) is 3.85. The number of carbonyl (C=O) groups is 1. The van der Waals surface area contributed by atoms with E-state index in [0.717, 1.165) is 32.5 Å². The fraction of sp³-hybridized carbons (Fsp3) is 0.706. The third-order valence-electron chi connectivity index (χ3n) is 3.84. The summed E-state index contributed by atoms with van der Waals surface area (Å²) in [6, 6.07) is 2.49. The van der Waals surface area contributed by atoms with Crippen LogP contribution in [0.25, 0.3) is 0 Å². The second-order valence-electron chi connectivity index (χ2n) is 7.04. The highest BCUT2D eigenvalue weighted by Crippen LogP contribution is 2.22. The van der Waals surface area contributed by atoms with Gasteiger partial charge < -0.3 is 15.0 Å². The number of carbonyl (C=O) groups excluding carboxylic acids is 1. The van der Waals surface area contributed by atoms with Crippen LogP contribution in [0.4, 0.5) is 4.79 Å². The molecule has 22 heavy (non-hydrogen) atoms. The molecule has 0 radical (unpaired) electrons. The van der Waals surface area contributed by atoms with Gasteiger partial charge in [0.2, 0.25) is 0 Å². The lowest BCUT2D eigenvalue weighted by atomic mass is 10.2. The lowest BCUT2D eigenvalue weighted by Crippen LogP contribution is -2.44. The van der Waals surface area contributed by atoms with Gasteiger partial charge in [0.05, 0.1) is 0 Å². The molecule has 2 heterocycles. The summed E-state index contributed by atoms with van der Waals surface area (Å²) in [5, 5.41) is 3.50. The largest absolute Gasteiger partial charge is 0.444 e. The van der Waals surface area contributed by atoms with Gasteiger partial charge in [-0.2, -0.15) is 0 Å². The summed E-state index contributed by atoms with van der Waals surface area (Å²) < 4.78 is 5.50. The topological polar surface area (TPSA) is 41.6 Å². The molecule has 0 aliphatic carbocycles. The maximum atomic E-state index is 12.2. The van der Waals surface area contributed by atoms with Crippen molar-refractivity contribution in [2.45, 2.75) is 65.6 Å². The molecule has 1 atom stereocenters. The predicted molar refractivity (Wildman–Crippen MR) is 91.5 cm³/mol. The third kappa shape index (κ3) is 4.71. The highest BCUT2D eigenvalue weighted by Gasteiger charge is 2.31. The fourth-order valence-electron chi connectivity index (χ4n) is 2.84. The summed E-state index contributed by atoms with van der Waals surface area (Å²) in [5.74, 6) is 0. The number of likely N-dealkylation sites (tertiary alicyclic amines) is 1. The molecule has 1 N–H and O–H groups in total. The van der Waals surface area contributed by atoms with Gasteiger partial charge in [-0.1, -0.05) is 0 Å². The average Bonchev–Trinajstić information content (AvgIpc) is 2.94. The van der Waals surface area contributed by atoms with E-state index >= 15 is 0 Å². The summed E-state index contributed by atoms with van der Waals surface area (Å²) in [7, 11) is 0. The number of thiophene rings is 1. The summed E-state index contributed by atoms with van der Waals surface area (Å²) in [6.45, 7) is 12.5. The van der Waals surface area contributed by atoms with Crippen molar-refractivity contribution in [3.05, 3.63) is 21.4 Å². The maximum Gasteiger partial charge on any atom is 0.410 e. The van der Waals surface area contributed by atoms with E-state index in [1.807, 2.05) is 37.0 Å². The summed E-state index contributed by atoms with van der Waals surface area (Å²) in [5.41, 5.74) is 0.937. The van der Waals surface area contributed by atoms with E-state index in [0.29, 0.717) is 0 Å². The zero-order chi connectivity index (χ0) is 16.3. The number of nitrogens with zero attached hydrogens (tertiary/aromatic N) is 1. The van der Waals surface area contributed by atoms with E-state index in [1.54, 1.807) is 0 Å². The molecule has 0 saturated carbocycles. The van der Waals surface area contributed by atoms with Crippen LogP contribution >= 0.6 is 11.3 Å². The molecule has 1 amide bonds. The van der Waals surface area contributed by atoms with E-state index in [1.165, 1.54) is 15.3 Å². The van der Waals surface area contributed by atoms with Crippen molar-refractivity contribution >= 4 is 17.4 Å². The highest BCUT2D eigenvalue weighted by atomic mass is 32.1. The van der Waals surface area contributed by atoms with Crippen LogP contribution in [0.3, 0.4) is 0 Å². The zero-order valence-corrected chi connectivity index (χ0v) is 15.2. The Kier molecular flexibility index (Phi) is 5.50. The van der Waals surface area contributed by atoms with Crippen LogP contribution in [0.5, 0.6) is 0 Å². The van der Waals surface area contributed by atoms with Gasteiger partial charge >= 0.3 is 6.09 Å². The molecule has 2 rings (SSSR count). The molecule has 0 spiro atoms. The molecule has 4 nitrogen and oxygen atoms in total. The van der Waals surface area contributed by atoms with Gasteiger partial charge in [0.1, 0.15) is 5.60 Å². The van der Waals surface area contributed by atoms with E-state index in [2.05, 4.69) is 25.2 Å². The SMILES string of the molecule is Cc1cc(CNCC2CCCN2C(=O)OC(C)(C)C)c(C)s1.